The van der Waals surface area contributed by atoms with E-state index in [0.29, 0.717) is 39.6 Å². The van der Waals surface area contributed by atoms with Gasteiger partial charge in [-0.2, -0.15) is 0 Å². The Morgan fingerprint density at radius 1 is 1.03 bits per heavy atom. The molecule has 0 aliphatic rings. The normalized spacial score (nSPS) is 11.7. The van der Waals surface area contributed by atoms with Crippen molar-refractivity contribution in [3.63, 3.8) is 0 Å². The minimum Gasteiger partial charge on any atom is -0.494 e. The number of ether oxygens (including phenoxy) is 2. The minimum absolute atomic E-state index is 0.0785. The summed E-state index contributed by atoms with van der Waals surface area (Å²) in [5.74, 6) is 0.989. The van der Waals surface area contributed by atoms with Crippen LogP contribution < -0.4 is 9.47 Å². The van der Waals surface area contributed by atoms with Crippen LogP contribution in [0.25, 0.3) is 27.8 Å². The topological polar surface area (TPSA) is 103 Å². The summed E-state index contributed by atoms with van der Waals surface area (Å²) in [5.41, 5.74) is 3.14. The lowest BCUT2D eigenvalue weighted by Crippen LogP contribution is -2.17. The molecular weight excluding hydrogens is 396 g/mol. The molecule has 0 unspecified atom stereocenters. The Labute approximate surface area is 179 Å². The Bertz CT molecular complexity index is 1260. The van der Waals surface area contributed by atoms with Gasteiger partial charge in [0.05, 0.1) is 48.4 Å². The predicted octanol–water partition coefficient (Wildman–Crippen LogP) is 3.74. The summed E-state index contributed by atoms with van der Waals surface area (Å²) in [6.45, 7) is 5.27. The van der Waals surface area contributed by atoms with E-state index in [-0.39, 0.29) is 5.88 Å². The van der Waals surface area contributed by atoms with E-state index in [4.69, 9.17) is 14.5 Å². The zero-order valence-electron chi connectivity index (χ0n) is 18.0. The molecule has 2 N–H and O–H groups in total. The number of aromatic hydroxyl groups is 1. The molecule has 0 radical (unpaired) electrons. The molecule has 0 atom stereocenters. The van der Waals surface area contributed by atoms with Gasteiger partial charge in [-0.05, 0) is 50.6 Å². The second-order valence-corrected chi connectivity index (χ2v) is 7.80. The van der Waals surface area contributed by atoms with Crippen LogP contribution >= 0.6 is 0 Å². The molecule has 4 heterocycles. The Morgan fingerprint density at radius 3 is 2.42 bits per heavy atom. The van der Waals surface area contributed by atoms with Crippen LogP contribution in [0.3, 0.4) is 0 Å². The summed E-state index contributed by atoms with van der Waals surface area (Å²) in [4.78, 5) is 13.3. The van der Waals surface area contributed by atoms with Gasteiger partial charge in [0, 0.05) is 18.0 Å². The van der Waals surface area contributed by atoms with Gasteiger partial charge in [-0.25, -0.2) is 9.97 Å². The number of rotatable bonds is 5. The molecule has 0 bridgehead atoms. The molecular formula is C23H24N4O4. The van der Waals surface area contributed by atoms with Gasteiger partial charge < -0.3 is 19.7 Å². The maximum atomic E-state index is 10.9. The van der Waals surface area contributed by atoms with Crippen LogP contribution in [0.1, 0.15) is 25.1 Å². The van der Waals surface area contributed by atoms with Crippen molar-refractivity contribution in [3.8, 4) is 34.5 Å². The molecule has 0 aliphatic carbocycles. The molecule has 0 aliphatic heterocycles. The van der Waals surface area contributed by atoms with Crippen molar-refractivity contribution in [2.75, 3.05) is 14.2 Å². The molecule has 8 nitrogen and oxygen atoms in total. The maximum absolute atomic E-state index is 10.9. The SMILES string of the molecule is COc1cc(-c2cc(C)c3c(O)n(-c4ccc(C(C)(C)O)nc4)cc3n2)cnc1OC. The van der Waals surface area contributed by atoms with E-state index in [1.54, 1.807) is 56.2 Å². The van der Waals surface area contributed by atoms with Gasteiger partial charge in [-0.3, -0.25) is 9.55 Å². The molecule has 0 saturated heterocycles. The Hall–Kier alpha value is -3.65. The molecule has 4 aromatic heterocycles. The highest BCUT2D eigenvalue weighted by Crippen LogP contribution is 2.35. The van der Waals surface area contributed by atoms with Crippen LogP contribution in [-0.2, 0) is 5.60 Å². The fourth-order valence-electron chi connectivity index (χ4n) is 3.49. The molecule has 160 valence electrons. The van der Waals surface area contributed by atoms with E-state index in [1.807, 2.05) is 19.1 Å². The van der Waals surface area contributed by atoms with Gasteiger partial charge in [0.15, 0.2) is 5.75 Å². The standard InChI is InChI=1S/C23H24N4O4/c1-13-8-16(14-9-18(30-4)21(31-5)25-10-14)26-17-12-27(22(28)20(13)17)15-6-7-19(24-11-15)23(2,3)29/h6-12,28-29H,1-5H3. The van der Waals surface area contributed by atoms with Crippen molar-refractivity contribution in [1.82, 2.24) is 19.5 Å². The fourth-order valence-corrected chi connectivity index (χ4v) is 3.49. The number of aliphatic hydroxyl groups is 1. The third-order valence-corrected chi connectivity index (χ3v) is 5.13. The average molecular weight is 420 g/mol. The predicted molar refractivity (Wildman–Crippen MR) is 117 cm³/mol. The van der Waals surface area contributed by atoms with Crippen LogP contribution in [0.4, 0.5) is 0 Å². The summed E-state index contributed by atoms with van der Waals surface area (Å²) in [6, 6.07) is 7.24. The number of aryl methyl sites for hydroxylation is 1. The van der Waals surface area contributed by atoms with Crippen LogP contribution in [0, 0.1) is 6.92 Å². The minimum atomic E-state index is -1.04. The fraction of sp³-hybridized carbons (Fsp3) is 0.261. The number of fused-ring (bicyclic) bond motifs is 1. The van der Waals surface area contributed by atoms with E-state index >= 15 is 0 Å². The maximum Gasteiger partial charge on any atom is 0.256 e. The molecule has 0 spiro atoms. The van der Waals surface area contributed by atoms with Crippen molar-refractivity contribution in [2.45, 2.75) is 26.4 Å². The molecule has 0 aromatic carbocycles. The zero-order valence-corrected chi connectivity index (χ0v) is 18.0. The summed E-state index contributed by atoms with van der Waals surface area (Å²) >= 11 is 0. The van der Waals surface area contributed by atoms with Gasteiger partial charge in [-0.1, -0.05) is 0 Å². The monoisotopic (exact) mass is 420 g/mol. The zero-order chi connectivity index (χ0) is 22.3. The Balaban J connectivity index is 1.81. The van der Waals surface area contributed by atoms with Crippen LogP contribution in [0.5, 0.6) is 17.5 Å². The van der Waals surface area contributed by atoms with Gasteiger partial charge in [-0.15, -0.1) is 0 Å². The summed E-state index contributed by atoms with van der Waals surface area (Å²) in [7, 11) is 3.09. The van der Waals surface area contributed by atoms with Gasteiger partial charge in [0.1, 0.15) is 5.60 Å². The van der Waals surface area contributed by atoms with Crippen LogP contribution in [0.2, 0.25) is 0 Å². The Kier molecular flexibility index (Phi) is 5.02. The van der Waals surface area contributed by atoms with Crippen molar-refractivity contribution in [3.05, 3.63) is 54.1 Å². The van der Waals surface area contributed by atoms with E-state index in [9.17, 15) is 10.2 Å². The molecule has 31 heavy (non-hydrogen) atoms. The van der Waals surface area contributed by atoms with Crippen molar-refractivity contribution in [1.29, 1.82) is 0 Å². The van der Waals surface area contributed by atoms with Crippen LogP contribution in [-0.4, -0.2) is 44.0 Å². The average Bonchev–Trinajstić information content (AvgIpc) is 3.09. The first kappa shape index (κ1) is 20.6. The van der Waals surface area contributed by atoms with E-state index < -0.39 is 5.60 Å². The van der Waals surface area contributed by atoms with E-state index in [2.05, 4.69) is 9.97 Å². The van der Waals surface area contributed by atoms with Crippen molar-refractivity contribution >= 4 is 10.9 Å². The second kappa shape index (κ2) is 7.55. The quantitative estimate of drug-likeness (QED) is 0.507. The highest BCUT2D eigenvalue weighted by atomic mass is 16.5. The van der Waals surface area contributed by atoms with E-state index in [1.165, 1.54) is 7.11 Å². The van der Waals surface area contributed by atoms with Crippen molar-refractivity contribution in [2.24, 2.45) is 0 Å². The van der Waals surface area contributed by atoms with Gasteiger partial charge in [0.25, 0.3) is 5.88 Å². The number of nitrogens with zero attached hydrogens (tertiary/aromatic N) is 4. The molecule has 0 amide bonds. The van der Waals surface area contributed by atoms with Gasteiger partial charge >= 0.3 is 0 Å². The number of pyridine rings is 3. The summed E-state index contributed by atoms with van der Waals surface area (Å²) in [6.07, 6.45) is 5.04. The largest absolute Gasteiger partial charge is 0.494 e. The third-order valence-electron chi connectivity index (χ3n) is 5.13. The number of hydrogen-bond acceptors (Lipinski definition) is 7. The first-order chi connectivity index (χ1) is 14.7. The first-order valence-corrected chi connectivity index (χ1v) is 9.72. The number of aromatic nitrogens is 4. The second-order valence-electron chi connectivity index (χ2n) is 7.80. The van der Waals surface area contributed by atoms with Gasteiger partial charge in [0.2, 0.25) is 5.88 Å². The smallest absolute Gasteiger partial charge is 0.256 e. The van der Waals surface area contributed by atoms with Crippen LogP contribution in [0.15, 0.2) is 42.9 Å². The number of methoxy groups -OCH3 is 2. The van der Waals surface area contributed by atoms with E-state index in [0.717, 1.165) is 11.1 Å². The summed E-state index contributed by atoms with van der Waals surface area (Å²) < 4.78 is 12.2. The molecule has 0 saturated carbocycles. The first-order valence-electron chi connectivity index (χ1n) is 9.72. The lowest BCUT2D eigenvalue weighted by atomic mass is 10.1. The van der Waals surface area contributed by atoms with Crippen molar-refractivity contribution < 1.29 is 19.7 Å². The lowest BCUT2D eigenvalue weighted by Gasteiger charge is -2.16. The third kappa shape index (κ3) is 3.66. The Morgan fingerprint density at radius 2 is 1.81 bits per heavy atom. The molecule has 8 heteroatoms. The summed E-state index contributed by atoms with van der Waals surface area (Å²) in [5, 5.41) is 21.6. The highest BCUT2D eigenvalue weighted by Gasteiger charge is 2.19. The molecule has 4 rings (SSSR count). The molecule has 4 aromatic rings. The highest BCUT2D eigenvalue weighted by molar-refractivity contribution is 5.90. The number of hydrogen-bond donors (Lipinski definition) is 2. The lowest BCUT2D eigenvalue weighted by molar-refractivity contribution is 0.0738. The molecule has 0 fully saturated rings.